The Labute approximate surface area is 156 Å². The lowest BCUT2D eigenvalue weighted by Crippen LogP contribution is -2.13. The molecule has 0 aliphatic carbocycles. The number of alkyl halides is 3. The average molecular weight is 386 g/mol. The van der Waals surface area contributed by atoms with E-state index >= 15 is 0 Å². The second kappa shape index (κ2) is 7.48. The maximum Gasteiger partial charge on any atom is 0.416 e. The summed E-state index contributed by atoms with van der Waals surface area (Å²) in [6, 6.07) is 13.7. The normalized spacial score (nSPS) is 11.0. The molecule has 0 saturated carbocycles. The second-order valence-electron chi connectivity index (χ2n) is 5.64. The van der Waals surface area contributed by atoms with Gasteiger partial charge in [-0.1, -0.05) is 6.07 Å². The van der Waals surface area contributed by atoms with Gasteiger partial charge in [0.05, 0.1) is 16.8 Å². The van der Waals surface area contributed by atoms with E-state index in [1.54, 1.807) is 6.07 Å². The van der Waals surface area contributed by atoms with Gasteiger partial charge in [-0.3, -0.25) is 0 Å². The van der Waals surface area contributed by atoms with Crippen LogP contribution in [0.1, 0.15) is 21.5 Å². The molecule has 0 radical (unpaired) electrons. The SMILES string of the molecule is N#Cc1ccc(-c2ccc(F)cc2)nc1OC(=O)c1cccc(C(F)(F)F)c1. The van der Waals surface area contributed by atoms with Crippen molar-refractivity contribution in [3.63, 3.8) is 0 Å². The summed E-state index contributed by atoms with van der Waals surface area (Å²) < 4.78 is 56.6. The number of aromatic nitrogens is 1. The van der Waals surface area contributed by atoms with E-state index < -0.39 is 23.5 Å². The lowest BCUT2D eigenvalue weighted by molar-refractivity contribution is -0.137. The Hall–Kier alpha value is -3.73. The van der Waals surface area contributed by atoms with Crippen molar-refractivity contribution in [2.75, 3.05) is 0 Å². The quantitative estimate of drug-likeness (QED) is 0.470. The highest BCUT2D eigenvalue weighted by Gasteiger charge is 2.31. The van der Waals surface area contributed by atoms with Crippen molar-refractivity contribution in [2.24, 2.45) is 0 Å². The number of nitrogens with zero attached hydrogens (tertiary/aromatic N) is 2. The van der Waals surface area contributed by atoms with Crippen molar-refractivity contribution in [3.8, 4) is 23.2 Å². The van der Waals surface area contributed by atoms with Gasteiger partial charge in [0, 0.05) is 5.56 Å². The third-order valence-electron chi connectivity index (χ3n) is 3.74. The number of ether oxygens (including phenoxy) is 1. The molecule has 3 rings (SSSR count). The van der Waals surface area contributed by atoms with Crippen LogP contribution in [0.3, 0.4) is 0 Å². The van der Waals surface area contributed by atoms with E-state index in [1.807, 2.05) is 0 Å². The van der Waals surface area contributed by atoms with Crippen LogP contribution >= 0.6 is 0 Å². The smallest absolute Gasteiger partial charge is 0.402 e. The molecule has 0 aliphatic rings. The molecule has 0 spiro atoms. The zero-order chi connectivity index (χ0) is 20.3. The minimum atomic E-state index is -4.62. The zero-order valence-electron chi connectivity index (χ0n) is 14.0. The molecule has 4 nitrogen and oxygen atoms in total. The molecule has 2 aromatic carbocycles. The van der Waals surface area contributed by atoms with Crippen LogP contribution < -0.4 is 4.74 Å². The summed E-state index contributed by atoms with van der Waals surface area (Å²) in [7, 11) is 0. The molecule has 8 heteroatoms. The first kappa shape index (κ1) is 19.0. The summed E-state index contributed by atoms with van der Waals surface area (Å²) in [6.45, 7) is 0. The van der Waals surface area contributed by atoms with Crippen LogP contribution in [-0.4, -0.2) is 11.0 Å². The van der Waals surface area contributed by atoms with Gasteiger partial charge in [-0.15, -0.1) is 0 Å². The zero-order valence-corrected chi connectivity index (χ0v) is 14.0. The predicted octanol–water partition coefficient (Wildman–Crippen LogP) is 5.00. The summed E-state index contributed by atoms with van der Waals surface area (Å²) in [5, 5.41) is 9.17. The summed E-state index contributed by atoms with van der Waals surface area (Å²) in [6.07, 6.45) is -4.62. The lowest BCUT2D eigenvalue weighted by atomic mass is 10.1. The number of hydrogen-bond acceptors (Lipinski definition) is 4. The highest BCUT2D eigenvalue weighted by atomic mass is 19.4. The molecule has 140 valence electrons. The number of benzene rings is 2. The number of pyridine rings is 1. The Morgan fingerprint density at radius 1 is 1.04 bits per heavy atom. The van der Waals surface area contributed by atoms with Crippen LogP contribution in [0.5, 0.6) is 5.88 Å². The van der Waals surface area contributed by atoms with Gasteiger partial charge in [-0.05, 0) is 54.6 Å². The number of carbonyl (C=O) groups is 1. The summed E-state index contributed by atoms with van der Waals surface area (Å²) >= 11 is 0. The first-order valence-electron chi connectivity index (χ1n) is 7.84. The Balaban J connectivity index is 1.93. The van der Waals surface area contributed by atoms with E-state index in [0.717, 1.165) is 18.2 Å². The van der Waals surface area contributed by atoms with Crippen LogP contribution in [0.2, 0.25) is 0 Å². The molecule has 1 heterocycles. The molecule has 28 heavy (non-hydrogen) atoms. The van der Waals surface area contributed by atoms with E-state index in [2.05, 4.69) is 4.98 Å². The molecule has 0 atom stereocenters. The summed E-state index contributed by atoms with van der Waals surface area (Å²) in [5.74, 6) is -1.90. The molecule has 3 aromatic rings. The number of rotatable bonds is 3. The molecule has 0 aliphatic heterocycles. The predicted molar refractivity (Wildman–Crippen MR) is 90.7 cm³/mol. The third kappa shape index (κ3) is 4.15. The van der Waals surface area contributed by atoms with Gasteiger partial charge in [0.2, 0.25) is 5.88 Å². The summed E-state index contributed by atoms with van der Waals surface area (Å²) in [5.41, 5.74) is -0.623. The number of esters is 1. The van der Waals surface area contributed by atoms with Crippen molar-refractivity contribution in [3.05, 3.63) is 83.2 Å². The maximum absolute atomic E-state index is 13.1. The van der Waals surface area contributed by atoms with E-state index in [-0.39, 0.29) is 17.0 Å². The number of nitriles is 1. The van der Waals surface area contributed by atoms with Crippen molar-refractivity contribution in [1.29, 1.82) is 5.26 Å². The van der Waals surface area contributed by atoms with Crippen molar-refractivity contribution < 1.29 is 27.1 Å². The Morgan fingerprint density at radius 3 is 2.39 bits per heavy atom. The van der Waals surface area contributed by atoms with Gasteiger partial charge >= 0.3 is 12.1 Å². The van der Waals surface area contributed by atoms with E-state index in [1.165, 1.54) is 36.4 Å². The van der Waals surface area contributed by atoms with Gasteiger partial charge in [0.15, 0.2) is 0 Å². The van der Waals surface area contributed by atoms with Crippen LogP contribution in [0.25, 0.3) is 11.3 Å². The molecular weight excluding hydrogens is 376 g/mol. The minimum Gasteiger partial charge on any atom is -0.402 e. The molecular formula is C20H10F4N2O2. The topological polar surface area (TPSA) is 63.0 Å². The van der Waals surface area contributed by atoms with Crippen LogP contribution in [-0.2, 0) is 6.18 Å². The van der Waals surface area contributed by atoms with Gasteiger partial charge in [-0.25, -0.2) is 14.2 Å². The highest BCUT2D eigenvalue weighted by Crippen LogP contribution is 2.30. The van der Waals surface area contributed by atoms with Crippen LogP contribution in [0, 0.1) is 17.1 Å². The fourth-order valence-corrected chi connectivity index (χ4v) is 2.35. The number of carbonyl (C=O) groups excluding carboxylic acids is 1. The van der Waals surface area contributed by atoms with Gasteiger partial charge in [-0.2, -0.15) is 18.4 Å². The lowest BCUT2D eigenvalue weighted by Gasteiger charge is -2.10. The van der Waals surface area contributed by atoms with E-state index in [0.29, 0.717) is 17.3 Å². The first-order valence-corrected chi connectivity index (χ1v) is 7.84. The molecule has 0 saturated heterocycles. The molecule has 0 unspecified atom stereocenters. The van der Waals surface area contributed by atoms with Crippen molar-refractivity contribution in [2.45, 2.75) is 6.18 Å². The fraction of sp³-hybridized carbons (Fsp3) is 0.0500. The van der Waals surface area contributed by atoms with E-state index in [4.69, 9.17) is 4.74 Å². The molecule has 0 bridgehead atoms. The highest BCUT2D eigenvalue weighted by molar-refractivity contribution is 5.91. The van der Waals surface area contributed by atoms with Crippen LogP contribution in [0.4, 0.5) is 17.6 Å². The second-order valence-corrected chi connectivity index (χ2v) is 5.64. The Bertz CT molecular complexity index is 1070. The van der Waals surface area contributed by atoms with Crippen molar-refractivity contribution >= 4 is 5.97 Å². The first-order chi connectivity index (χ1) is 13.3. The molecule has 0 amide bonds. The molecule has 0 fully saturated rings. The Kier molecular flexibility index (Phi) is 5.09. The third-order valence-corrected chi connectivity index (χ3v) is 3.74. The monoisotopic (exact) mass is 386 g/mol. The minimum absolute atomic E-state index is 0.0776. The molecule has 0 N–H and O–H groups in total. The van der Waals surface area contributed by atoms with Gasteiger partial charge < -0.3 is 4.74 Å². The number of halogens is 4. The van der Waals surface area contributed by atoms with Crippen molar-refractivity contribution in [1.82, 2.24) is 4.98 Å². The largest absolute Gasteiger partial charge is 0.416 e. The standard InChI is InChI=1S/C20H10F4N2O2/c21-16-7-4-12(5-8-16)17-9-6-14(11-25)18(26-17)28-19(27)13-2-1-3-15(10-13)20(22,23)24/h1-10H. The maximum atomic E-state index is 13.1. The molecule has 1 aromatic heterocycles. The number of hydrogen-bond donors (Lipinski definition) is 0. The average Bonchev–Trinajstić information content (AvgIpc) is 2.68. The van der Waals surface area contributed by atoms with Gasteiger partial charge in [0.25, 0.3) is 0 Å². The summed E-state index contributed by atoms with van der Waals surface area (Å²) in [4.78, 5) is 16.3. The van der Waals surface area contributed by atoms with E-state index in [9.17, 15) is 27.6 Å². The Morgan fingerprint density at radius 2 is 1.75 bits per heavy atom. The van der Waals surface area contributed by atoms with Crippen LogP contribution in [0.15, 0.2) is 60.7 Å². The fourth-order valence-electron chi connectivity index (χ4n) is 2.35. The van der Waals surface area contributed by atoms with Gasteiger partial charge in [0.1, 0.15) is 17.4 Å².